The minimum atomic E-state index is 0.540. The molecule has 124 valence electrons. The van der Waals surface area contributed by atoms with Crippen molar-refractivity contribution in [1.29, 1.82) is 0 Å². The lowest BCUT2D eigenvalue weighted by atomic mass is 10.2. The van der Waals surface area contributed by atoms with Gasteiger partial charge in [0.2, 0.25) is 5.95 Å². The zero-order valence-corrected chi connectivity index (χ0v) is 14.7. The van der Waals surface area contributed by atoms with Crippen LogP contribution in [-0.4, -0.2) is 37.2 Å². The van der Waals surface area contributed by atoms with Crippen LogP contribution in [0.3, 0.4) is 0 Å². The van der Waals surface area contributed by atoms with Gasteiger partial charge in [-0.15, -0.1) is 16.4 Å². The fourth-order valence-corrected chi connectivity index (χ4v) is 3.23. The van der Waals surface area contributed by atoms with Gasteiger partial charge in [-0.05, 0) is 46.1 Å². The van der Waals surface area contributed by atoms with E-state index in [4.69, 9.17) is 11.6 Å². The third-order valence-corrected chi connectivity index (χ3v) is 4.68. The minimum absolute atomic E-state index is 0.540. The van der Waals surface area contributed by atoms with Gasteiger partial charge in [0.05, 0.1) is 21.8 Å². The number of aromatic nitrogens is 6. The average molecular weight is 370 g/mol. The zero-order valence-electron chi connectivity index (χ0n) is 13.1. The molecule has 0 aliphatic heterocycles. The second-order valence-corrected chi connectivity index (χ2v) is 6.46. The summed E-state index contributed by atoms with van der Waals surface area (Å²) >= 11 is 7.57. The number of tetrazole rings is 1. The Morgan fingerprint density at radius 2 is 2.00 bits per heavy atom. The predicted octanol–water partition coefficient (Wildman–Crippen LogP) is 3.54. The standard InChI is InChI=1S/C16H12ClN7S/c1-18-16-19-9-12(14(20-16)13-3-2-8-25-13)15-21-22-23-24(15)11-6-4-10(17)5-7-11/h2-9H,1H3,(H,18,19,20). The predicted molar refractivity (Wildman–Crippen MR) is 98.0 cm³/mol. The van der Waals surface area contributed by atoms with Crippen molar-refractivity contribution in [2.75, 3.05) is 12.4 Å². The molecule has 3 aromatic heterocycles. The highest BCUT2D eigenvalue weighted by molar-refractivity contribution is 7.13. The van der Waals surface area contributed by atoms with Gasteiger partial charge in [0.25, 0.3) is 0 Å². The van der Waals surface area contributed by atoms with E-state index in [-0.39, 0.29) is 0 Å². The molecule has 0 bridgehead atoms. The van der Waals surface area contributed by atoms with Crippen LogP contribution < -0.4 is 5.32 Å². The molecular formula is C16H12ClN7S. The third-order valence-electron chi connectivity index (χ3n) is 3.55. The zero-order chi connectivity index (χ0) is 17.2. The van der Waals surface area contributed by atoms with Crippen molar-refractivity contribution < 1.29 is 0 Å². The Bertz CT molecular complexity index is 996. The molecule has 4 rings (SSSR count). The SMILES string of the molecule is CNc1ncc(-c2nnnn2-c2ccc(Cl)cc2)c(-c2cccs2)n1. The lowest BCUT2D eigenvalue weighted by Crippen LogP contribution is -2.03. The van der Waals surface area contributed by atoms with Gasteiger partial charge in [-0.1, -0.05) is 17.7 Å². The van der Waals surface area contributed by atoms with Crippen LogP contribution in [-0.2, 0) is 0 Å². The van der Waals surface area contributed by atoms with Crippen molar-refractivity contribution in [3.63, 3.8) is 0 Å². The molecule has 1 N–H and O–H groups in total. The van der Waals surface area contributed by atoms with E-state index in [2.05, 4.69) is 30.8 Å². The van der Waals surface area contributed by atoms with Gasteiger partial charge in [-0.2, -0.15) is 4.68 Å². The molecule has 3 heterocycles. The van der Waals surface area contributed by atoms with Gasteiger partial charge < -0.3 is 5.32 Å². The van der Waals surface area contributed by atoms with E-state index < -0.39 is 0 Å². The van der Waals surface area contributed by atoms with Gasteiger partial charge in [0, 0.05) is 18.3 Å². The Kier molecular flexibility index (Phi) is 4.12. The summed E-state index contributed by atoms with van der Waals surface area (Å²) in [7, 11) is 1.78. The molecule has 0 radical (unpaired) electrons. The second-order valence-electron chi connectivity index (χ2n) is 5.07. The van der Waals surface area contributed by atoms with Crippen molar-refractivity contribution in [1.82, 2.24) is 30.2 Å². The number of hydrogen-bond donors (Lipinski definition) is 1. The lowest BCUT2D eigenvalue weighted by Gasteiger charge is -2.09. The Labute approximate surface area is 152 Å². The fourth-order valence-electron chi connectivity index (χ4n) is 2.38. The Morgan fingerprint density at radius 1 is 1.16 bits per heavy atom. The van der Waals surface area contributed by atoms with Crippen LogP contribution in [0.2, 0.25) is 5.02 Å². The first-order valence-corrected chi connectivity index (χ1v) is 8.65. The monoisotopic (exact) mass is 369 g/mol. The highest BCUT2D eigenvalue weighted by Gasteiger charge is 2.18. The summed E-state index contributed by atoms with van der Waals surface area (Å²) in [6.45, 7) is 0. The topological polar surface area (TPSA) is 81.4 Å². The van der Waals surface area contributed by atoms with Crippen molar-refractivity contribution >= 4 is 28.9 Å². The van der Waals surface area contributed by atoms with Gasteiger partial charge in [0.1, 0.15) is 0 Å². The number of rotatable bonds is 4. The van der Waals surface area contributed by atoms with E-state index in [0.717, 1.165) is 21.8 Å². The van der Waals surface area contributed by atoms with Gasteiger partial charge in [-0.3, -0.25) is 0 Å². The molecule has 0 fully saturated rings. The van der Waals surface area contributed by atoms with Crippen LogP contribution in [0, 0.1) is 0 Å². The largest absolute Gasteiger partial charge is 0.357 e. The number of halogens is 1. The van der Waals surface area contributed by atoms with Gasteiger partial charge in [0.15, 0.2) is 5.82 Å². The van der Waals surface area contributed by atoms with Crippen molar-refractivity contribution in [2.24, 2.45) is 0 Å². The Balaban J connectivity index is 1.89. The molecule has 0 aliphatic carbocycles. The first-order valence-electron chi connectivity index (χ1n) is 7.39. The molecular weight excluding hydrogens is 358 g/mol. The van der Waals surface area contributed by atoms with Crippen LogP contribution in [0.25, 0.3) is 27.6 Å². The summed E-state index contributed by atoms with van der Waals surface area (Å²) in [5.41, 5.74) is 2.33. The van der Waals surface area contributed by atoms with E-state index in [1.165, 1.54) is 0 Å². The van der Waals surface area contributed by atoms with E-state index in [0.29, 0.717) is 16.8 Å². The van der Waals surface area contributed by atoms with Crippen LogP contribution in [0.4, 0.5) is 5.95 Å². The highest BCUT2D eigenvalue weighted by atomic mass is 35.5. The average Bonchev–Trinajstić information content (AvgIpc) is 3.34. The maximum Gasteiger partial charge on any atom is 0.223 e. The minimum Gasteiger partial charge on any atom is -0.357 e. The molecule has 7 nitrogen and oxygen atoms in total. The lowest BCUT2D eigenvalue weighted by molar-refractivity contribution is 0.791. The van der Waals surface area contributed by atoms with E-state index in [1.54, 1.807) is 41.4 Å². The molecule has 0 aliphatic rings. The molecule has 9 heteroatoms. The number of nitrogens with zero attached hydrogens (tertiary/aromatic N) is 6. The van der Waals surface area contributed by atoms with Crippen LogP contribution in [0.5, 0.6) is 0 Å². The number of benzene rings is 1. The van der Waals surface area contributed by atoms with Crippen molar-refractivity contribution in [3.05, 3.63) is 53.0 Å². The van der Waals surface area contributed by atoms with E-state index >= 15 is 0 Å². The van der Waals surface area contributed by atoms with E-state index in [1.807, 2.05) is 29.6 Å². The van der Waals surface area contributed by atoms with Gasteiger partial charge in [-0.25, -0.2) is 9.97 Å². The Morgan fingerprint density at radius 3 is 2.72 bits per heavy atom. The molecule has 0 amide bonds. The number of hydrogen-bond acceptors (Lipinski definition) is 7. The summed E-state index contributed by atoms with van der Waals surface area (Å²) in [6.07, 6.45) is 1.73. The summed E-state index contributed by atoms with van der Waals surface area (Å²) in [5, 5.41) is 17.7. The summed E-state index contributed by atoms with van der Waals surface area (Å²) < 4.78 is 1.64. The second kappa shape index (κ2) is 6.58. The summed E-state index contributed by atoms with van der Waals surface area (Å²) in [6, 6.07) is 11.3. The maximum absolute atomic E-state index is 5.97. The molecule has 25 heavy (non-hydrogen) atoms. The normalized spacial score (nSPS) is 10.8. The molecule has 0 saturated heterocycles. The number of anilines is 1. The molecule has 0 atom stereocenters. The molecule has 1 aromatic carbocycles. The van der Waals surface area contributed by atoms with Crippen LogP contribution in [0.15, 0.2) is 48.0 Å². The van der Waals surface area contributed by atoms with Gasteiger partial charge >= 0.3 is 0 Å². The smallest absolute Gasteiger partial charge is 0.223 e. The first kappa shape index (κ1) is 15.7. The molecule has 4 aromatic rings. The maximum atomic E-state index is 5.97. The quantitative estimate of drug-likeness (QED) is 0.592. The van der Waals surface area contributed by atoms with Crippen LogP contribution in [0.1, 0.15) is 0 Å². The first-order chi connectivity index (χ1) is 12.3. The Hall–Kier alpha value is -2.84. The van der Waals surface area contributed by atoms with Crippen molar-refractivity contribution in [3.8, 4) is 27.6 Å². The fraction of sp³-hybridized carbons (Fsp3) is 0.0625. The summed E-state index contributed by atoms with van der Waals surface area (Å²) in [4.78, 5) is 9.94. The third kappa shape index (κ3) is 2.97. The molecule has 0 saturated carbocycles. The number of nitrogens with one attached hydrogen (secondary N) is 1. The van der Waals surface area contributed by atoms with E-state index in [9.17, 15) is 0 Å². The number of thiophene rings is 1. The molecule has 0 spiro atoms. The van der Waals surface area contributed by atoms with Crippen LogP contribution >= 0.6 is 22.9 Å². The molecule has 0 unspecified atom stereocenters. The summed E-state index contributed by atoms with van der Waals surface area (Å²) in [5.74, 6) is 1.10. The van der Waals surface area contributed by atoms with Crippen molar-refractivity contribution in [2.45, 2.75) is 0 Å². The highest BCUT2D eigenvalue weighted by Crippen LogP contribution is 2.33.